The van der Waals surface area contributed by atoms with Crippen LogP contribution in [-0.2, 0) is 4.79 Å². The number of fused-ring (bicyclic) bond motifs is 1. The quantitative estimate of drug-likeness (QED) is 0.524. The van der Waals surface area contributed by atoms with E-state index < -0.39 is 0 Å². The molecule has 2 aromatic carbocycles. The topological polar surface area (TPSA) is 80.1 Å². The number of aromatic nitrogens is 1. The van der Waals surface area contributed by atoms with Crippen LogP contribution in [-0.4, -0.2) is 30.6 Å². The number of aromatic amines is 1. The number of rotatable bonds is 7. The zero-order valence-corrected chi connectivity index (χ0v) is 18.1. The summed E-state index contributed by atoms with van der Waals surface area (Å²) in [6.07, 6.45) is 5.78. The van der Waals surface area contributed by atoms with Gasteiger partial charge in [-0.25, -0.2) is 0 Å². The van der Waals surface area contributed by atoms with Crippen LogP contribution in [0, 0.1) is 5.92 Å². The van der Waals surface area contributed by atoms with E-state index in [1.54, 1.807) is 7.11 Å². The molecule has 1 aliphatic carbocycles. The third kappa shape index (κ3) is 4.79. The van der Waals surface area contributed by atoms with Crippen molar-refractivity contribution in [3.63, 3.8) is 0 Å². The average molecular weight is 428 g/mol. The third-order valence-electron chi connectivity index (χ3n) is 6.18. The molecule has 0 radical (unpaired) electrons. The minimum atomic E-state index is 0. The van der Waals surface area contributed by atoms with E-state index in [4.69, 9.17) is 10.5 Å². The van der Waals surface area contributed by atoms with Crippen LogP contribution in [0.5, 0.6) is 5.75 Å². The van der Waals surface area contributed by atoms with Crippen molar-refractivity contribution in [2.75, 3.05) is 13.7 Å². The smallest absolute Gasteiger partial charge is 0.220 e. The van der Waals surface area contributed by atoms with Gasteiger partial charge >= 0.3 is 0 Å². The zero-order valence-electron chi connectivity index (χ0n) is 17.3. The molecule has 4 N–H and O–H groups in total. The van der Waals surface area contributed by atoms with Gasteiger partial charge in [0, 0.05) is 42.0 Å². The fraction of sp³-hybridized carbons (Fsp3) is 0.375. The predicted molar refractivity (Wildman–Crippen MR) is 123 cm³/mol. The van der Waals surface area contributed by atoms with Crippen molar-refractivity contribution in [3.8, 4) is 5.75 Å². The molecule has 1 aliphatic rings. The lowest BCUT2D eigenvalue weighted by molar-refractivity contribution is -0.122. The molecule has 5 nitrogen and oxygen atoms in total. The van der Waals surface area contributed by atoms with Crippen LogP contribution in [0.4, 0.5) is 0 Å². The molecule has 0 bridgehead atoms. The number of methoxy groups -OCH3 is 1. The number of para-hydroxylation sites is 1. The van der Waals surface area contributed by atoms with Crippen LogP contribution in [0.15, 0.2) is 54.7 Å². The number of amides is 1. The van der Waals surface area contributed by atoms with Crippen LogP contribution in [0.3, 0.4) is 0 Å². The fourth-order valence-corrected chi connectivity index (χ4v) is 4.47. The molecule has 1 heterocycles. The van der Waals surface area contributed by atoms with Crippen LogP contribution >= 0.6 is 12.4 Å². The van der Waals surface area contributed by atoms with Gasteiger partial charge in [0.25, 0.3) is 0 Å². The molecule has 3 aromatic rings. The maximum Gasteiger partial charge on any atom is 0.220 e. The number of hydrogen-bond acceptors (Lipinski definition) is 3. The molecule has 1 saturated carbocycles. The monoisotopic (exact) mass is 427 g/mol. The second-order valence-electron chi connectivity index (χ2n) is 7.98. The van der Waals surface area contributed by atoms with E-state index in [1.807, 2.05) is 24.3 Å². The Kier molecular flexibility index (Phi) is 7.40. The number of nitrogens with two attached hydrogens (primary N) is 1. The van der Waals surface area contributed by atoms with Gasteiger partial charge in [0.05, 0.1) is 7.11 Å². The number of hydrogen-bond donors (Lipinski definition) is 3. The molecule has 4 rings (SSSR count). The summed E-state index contributed by atoms with van der Waals surface area (Å²) in [7, 11) is 1.67. The summed E-state index contributed by atoms with van der Waals surface area (Å²) in [5, 5.41) is 4.35. The van der Waals surface area contributed by atoms with Gasteiger partial charge in [0.2, 0.25) is 5.91 Å². The SMILES string of the molecule is COc1ccc(C(CNC(=O)C[C@@H]2CCC[C@H]2N)c2c[nH]c3ccccc23)cc1.Cl. The first-order valence-electron chi connectivity index (χ1n) is 10.4. The molecule has 3 atom stereocenters. The lowest BCUT2D eigenvalue weighted by Gasteiger charge is -2.20. The Balaban J connectivity index is 0.00000256. The first-order chi connectivity index (χ1) is 14.2. The summed E-state index contributed by atoms with van der Waals surface area (Å²) < 4.78 is 5.30. The van der Waals surface area contributed by atoms with Crippen molar-refractivity contribution in [3.05, 3.63) is 65.9 Å². The summed E-state index contributed by atoms with van der Waals surface area (Å²) in [6, 6.07) is 16.5. The van der Waals surface area contributed by atoms with Gasteiger partial charge in [-0.3, -0.25) is 4.79 Å². The number of H-pyrrole nitrogens is 1. The Bertz CT molecular complexity index is 970. The summed E-state index contributed by atoms with van der Waals surface area (Å²) >= 11 is 0. The van der Waals surface area contributed by atoms with E-state index in [2.05, 4.69) is 40.8 Å². The molecule has 6 heteroatoms. The van der Waals surface area contributed by atoms with Crippen LogP contribution < -0.4 is 15.8 Å². The Hall–Kier alpha value is -2.50. The van der Waals surface area contributed by atoms with Gasteiger partial charge in [-0.2, -0.15) is 0 Å². The highest BCUT2D eigenvalue weighted by molar-refractivity contribution is 5.85. The lowest BCUT2D eigenvalue weighted by Crippen LogP contribution is -2.33. The largest absolute Gasteiger partial charge is 0.497 e. The summed E-state index contributed by atoms with van der Waals surface area (Å²) in [5.41, 5.74) is 9.58. The Morgan fingerprint density at radius 2 is 1.97 bits per heavy atom. The molecular formula is C24H30ClN3O2. The van der Waals surface area contributed by atoms with Gasteiger partial charge < -0.3 is 20.8 Å². The summed E-state index contributed by atoms with van der Waals surface area (Å²) in [5.74, 6) is 1.28. The molecule has 30 heavy (non-hydrogen) atoms. The van der Waals surface area contributed by atoms with Gasteiger partial charge in [0.15, 0.2) is 0 Å². The normalized spacial score (nSPS) is 19.3. The zero-order chi connectivity index (χ0) is 20.2. The predicted octanol–water partition coefficient (Wildman–Crippen LogP) is 4.36. The highest BCUT2D eigenvalue weighted by Gasteiger charge is 2.26. The first-order valence-corrected chi connectivity index (χ1v) is 10.4. The molecular weight excluding hydrogens is 398 g/mol. The van der Waals surface area contributed by atoms with Crippen molar-refractivity contribution in [1.29, 1.82) is 0 Å². The maximum absolute atomic E-state index is 12.6. The number of halogens is 1. The maximum atomic E-state index is 12.6. The van der Waals surface area contributed by atoms with Crippen molar-refractivity contribution in [2.45, 2.75) is 37.6 Å². The number of carbonyl (C=O) groups excluding carboxylic acids is 1. The van der Waals surface area contributed by atoms with Crippen LogP contribution in [0.2, 0.25) is 0 Å². The van der Waals surface area contributed by atoms with Crippen LogP contribution in [0.25, 0.3) is 10.9 Å². The van der Waals surface area contributed by atoms with Crippen molar-refractivity contribution >= 4 is 29.2 Å². The van der Waals surface area contributed by atoms with Gasteiger partial charge in [-0.15, -0.1) is 12.4 Å². The van der Waals surface area contributed by atoms with E-state index in [0.29, 0.717) is 18.9 Å². The van der Waals surface area contributed by atoms with Gasteiger partial charge in [-0.1, -0.05) is 36.8 Å². The van der Waals surface area contributed by atoms with Crippen molar-refractivity contribution in [1.82, 2.24) is 10.3 Å². The van der Waals surface area contributed by atoms with Crippen LogP contribution in [0.1, 0.15) is 42.7 Å². The highest BCUT2D eigenvalue weighted by atomic mass is 35.5. The van der Waals surface area contributed by atoms with E-state index >= 15 is 0 Å². The summed E-state index contributed by atoms with van der Waals surface area (Å²) in [4.78, 5) is 16.0. The number of benzene rings is 2. The minimum Gasteiger partial charge on any atom is -0.497 e. The number of nitrogens with one attached hydrogen (secondary N) is 2. The van der Waals surface area contributed by atoms with Crippen molar-refractivity contribution in [2.24, 2.45) is 11.7 Å². The van der Waals surface area contributed by atoms with Gasteiger partial charge in [0.1, 0.15) is 5.75 Å². The Morgan fingerprint density at radius 1 is 1.20 bits per heavy atom. The number of ether oxygens (including phenoxy) is 1. The van der Waals surface area contributed by atoms with E-state index in [1.165, 1.54) is 10.9 Å². The van der Waals surface area contributed by atoms with Gasteiger partial charge in [-0.05, 0) is 48.1 Å². The number of carbonyl (C=O) groups is 1. The van der Waals surface area contributed by atoms with E-state index in [-0.39, 0.29) is 30.3 Å². The molecule has 0 saturated heterocycles. The molecule has 1 aromatic heterocycles. The Morgan fingerprint density at radius 3 is 2.67 bits per heavy atom. The average Bonchev–Trinajstić information content (AvgIpc) is 3.35. The molecule has 160 valence electrons. The standard InChI is InChI=1S/C24H29N3O2.ClH/c1-29-18-11-9-16(10-12-18)20(21-15-26-23-8-3-2-6-19(21)23)14-27-24(28)13-17-5-4-7-22(17)25;/h2-3,6,8-12,15,17,20,22,26H,4-5,7,13-14,25H2,1H3,(H,27,28);1H/t17-,20?,22+;/m0./s1. The second-order valence-corrected chi connectivity index (χ2v) is 7.98. The summed E-state index contributed by atoms with van der Waals surface area (Å²) in [6.45, 7) is 0.551. The van der Waals surface area contributed by atoms with E-state index in [0.717, 1.165) is 36.1 Å². The van der Waals surface area contributed by atoms with E-state index in [9.17, 15) is 4.79 Å². The highest BCUT2D eigenvalue weighted by Crippen LogP contribution is 2.32. The molecule has 1 unspecified atom stereocenters. The molecule has 1 amide bonds. The Labute approximate surface area is 183 Å². The van der Waals surface area contributed by atoms with Crippen molar-refractivity contribution < 1.29 is 9.53 Å². The molecule has 1 fully saturated rings. The lowest BCUT2D eigenvalue weighted by atomic mass is 9.90. The second kappa shape index (κ2) is 10.0. The third-order valence-corrected chi connectivity index (χ3v) is 6.18. The minimum absolute atomic E-state index is 0. The fourth-order valence-electron chi connectivity index (χ4n) is 4.47. The molecule has 0 aliphatic heterocycles. The molecule has 0 spiro atoms. The first kappa shape index (κ1) is 22.2.